The third-order valence-electron chi connectivity index (χ3n) is 3.25. The number of nitrogens with zero attached hydrogens (tertiary/aromatic N) is 2. The highest BCUT2D eigenvalue weighted by molar-refractivity contribution is 7.98. The summed E-state index contributed by atoms with van der Waals surface area (Å²) in [5.41, 5.74) is 4.94. The van der Waals surface area contributed by atoms with E-state index in [1.165, 1.54) is 0 Å². The molecule has 0 radical (unpaired) electrons. The molecule has 6 heteroatoms. The molecule has 1 aromatic rings. The van der Waals surface area contributed by atoms with Crippen molar-refractivity contribution in [1.82, 2.24) is 9.97 Å². The van der Waals surface area contributed by atoms with E-state index in [-0.39, 0.29) is 6.10 Å². The van der Waals surface area contributed by atoms with E-state index in [0.717, 1.165) is 47.2 Å². The fourth-order valence-electron chi connectivity index (χ4n) is 2.33. The number of thioether (sulfide) groups is 1. The molecule has 2 atom stereocenters. The first kappa shape index (κ1) is 11.3. The molecule has 0 spiro atoms. The molecule has 0 aromatic carbocycles. The second kappa shape index (κ2) is 4.44. The van der Waals surface area contributed by atoms with Crippen LogP contribution in [0, 0.1) is 0 Å². The first-order valence-corrected chi connectivity index (χ1v) is 7.03. The number of hydrogen-bond acceptors (Lipinski definition) is 6. The minimum atomic E-state index is 0.0352. The van der Waals surface area contributed by atoms with Crippen molar-refractivity contribution < 1.29 is 4.74 Å². The van der Waals surface area contributed by atoms with Gasteiger partial charge in [0.2, 0.25) is 0 Å². The average molecular weight is 252 g/mol. The first-order chi connectivity index (χ1) is 8.28. The largest absolute Gasteiger partial charge is 0.367 e. The lowest BCUT2D eigenvalue weighted by molar-refractivity contribution is 0.0502. The van der Waals surface area contributed by atoms with Gasteiger partial charge < -0.3 is 10.2 Å². The molecule has 1 saturated heterocycles. The van der Waals surface area contributed by atoms with Crippen molar-refractivity contribution in [3.8, 4) is 0 Å². The number of rotatable bonds is 2. The summed E-state index contributed by atoms with van der Waals surface area (Å²) < 4.78 is 5.81. The number of anilines is 1. The predicted molar refractivity (Wildman–Crippen MR) is 67.4 cm³/mol. The Hall–Kier alpha value is -0.850. The SMILES string of the molecule is CC1CCC(c2nc3c(c(NN)n2)CSC3)O1. The zero-order chi connectivity index (χ0) is 11.8. The van der Waals surface area contributed by atoms with Gasteiger partial charge >= 0.3 is 0 Å². The van der Waals surface area contributed by atoms with Crippen LogP contribution in [0.3, 0.4) is 0 Å². The summed E-state index contributed by atoms with van der Waals surface area (Å²) in [6.07, 6.45) is 2.41. The highest BCUT2D eigenvalue weighted by atomic mass is 32.2. The third kappa shape index (κ3) is 2.00. The number of hydrogen-bond donors (Lipinski definition) is 2. The molecule has 3 rings (SSSR count). The van der Waals surface area contributed by atoms with Crippen LogP contribution in [-0.4, -0.2) is 16.1 Å². The Bertz CT molecular complexity index is 440. The molecular weight excluding hydrogens is 236 g/mol. The summed E-state index contributed by atoms with van der Waals surface area (Å²) in [5, 5.41) is 0. The van der Waals surface area contributed by atoms with Crippen LogP contribution in [0.2, 0.25) is 0 Å². The molecule has 0 saturated carbocycles. The molecule has 2 aliphatic heterocycles. The van der Waals surface area contributed by atoms with Crippen LogP contribution in [0.15, 0.2) is 0 Å². The van der Waals surface area contributed by atoms with E-state index in [9.17, 15) is 0 Å². The number of ether oxygens (including phenoxy) is 1. The molecule has 3 N–H and O–H groups in total. The maximum atomic E-state index is 5.81. The molecule has 17 heavy (non-hydrogen) atoms. The highest BCUT2D eigenvalue weighted by Gasteiger charge is 2.28. The van der Waals surface area contributed by atoms with Crippen molar-refractivity contribution in [2.45, 2.75) is 43.5 Å². The Morgan fingerprint density at radius 2 is 2.24 bits per heavy atom. The van der Waals surface area contributed by atoms with Gasteiger partial charge in [-0.2, -0.15) is 11.8 Å². The van der Waals surface area contributed by atoms with Gasteiger partial charge in [-0.1, -0.05) is 0 Å². The Labute approximate surface area is 105 Å². The fourth-order valence-corrected chi connectivity index (χ4v) is 3.37. The highest BCUT2D eigenvalue weighted by Crippen LogP contribution is 2.36. The van der Waals surface area contributed by atoms with Crippen molar-refractivity contribution in [2.24, 2.45) is 5.84 Å². The van der Waals surface area contributed by atoms with Gasteiger partial charge in [-0.15, -0.1) is 0 Å². The number of nitrogens with one attached hydrogen (secondary N) is 1. The Kier molecular flexibility index (Phi) is 2.94. The lowest BCUT2D eigenvalue weighted by Gasteiger charge is -2.13. The maximum Gasteiger partial charge on any atom is 0.159 e. The molecule has 92 valence electrons. The van der Waals surface area contributed by atoms with Gasteiger partial charge in [-0.05, 0) is 19.8 Å². The maximum absolute atomic E-state index is 5.81. The second-order valence-electron chi connectivity index (χ2n) is 4.51. The summed E-state index contributed by atoms with van der Waals surface area (Å²) in [5.74, 6) is 8.96. The Balaban J connectivity index is 1.95. The van der Waals surface area contributed by atoms with Crippen molar-refractivity contribution in [3.05, 3.63) is 17.1 Å². The minimum absolute atomic E-state index is 0.0352. The molecule has 2 unspecified atom stereocenters. The van der Waals surface area contributed by atoms with Crippen molar-refractivity contribution in [1.29, 1.82) is 0 Å². The standard InChI is InChI=1S/C11H16N4OS/c1-6-2-3-9(16-6)11-13-8-5-17-4-7(8)10(14-11)15-12/h6,9H,2-5,12H2,1H3,(H,13,14,15). The van der Waals surface area contributed by atoms with Crippen LogP contribution in [0.4, 0.5) is 5.82 Å². The Morgan fingerprint density at radius 3 is 2.94 bits per heavy atom. The average Bonchev–Trinajstić information content (AvgIpc) is 2.95. The van der Waals surface area contributed by atoms with Gasteiger partial charge in [0, 0.05) is 17.1 Å². The molecule has 3 heterocycles. The lowest BCUT2D eigenvalue weighted by Crippen LogP contribution is -2.15. The number of fused-ring (bicyclic) bond motifs is 1. The molecule has 5 nitrogen and oxygen atoms in total. The zero-order valence-corrected chi connectivity index (χ0v) is 10.6. The normalized spacial score (nSPS) is 27.2. The minimum Gasteiger partial charge on any atom is -0.367 e. The van der Waals surface area contributed by atoms with E-state index in [4.69, 9.17) is 10.6 Å². The summed E-state index contributed by atoms with van der Waals surface area (Å²) >= 11 is 1.85. The van der Waals surface area contributed by atoms with E-state index in [1.807, 2.05) is 11.8 Å². The number of nitrogens with two attached hydrogens (primary N) is 1. The van der Waals surface area contributed by atoms with E-state index in [1.54, 1.807) is 0 Å². The molecule has 1 fully saturated rings. The summed E-state index contributed by atoms with van der Waals surface area (Å²) in [6.45, 7) is 2.09. The van der Waals surface area contributed by atoms with Gasteiger partial charge in [0.1, 0.15) is 11.9 Å². The van der Waals surface area contributed by atoms with Gasteiger partial charge in [-0.3, -0.25) is 0 Å². The second-order valence-corrected chi connectivity index (χ2v) is 5.49. The van der Waals surface area contributed by atoms with Crippen molar-refractivity contribution in [3.63, 3.8) is 0 Å². The van der Waals surface area contributed by atoms with Gasteiger partial charge in [-0.25, -0.2) is 15.8 Å². The monoisotopic (exact) mass is 252 g/mol. The number of hydrazine groups is 1. The fraction of sp³-hybridized carbons (Fsp3) is 0.636. The topological polar surface area (TPSA) is 73.1 Å². The molecule has 1 aromatic heterocycles. The van der Waals surface area contributed by atoms with Crippen LogP contribution in [-0.2, 0) is 16.2 Å². The van der Waals surface area contributed by atoms with Crippen LogP contribution in [0.5, 0.6) is 0 Å². The summed E-state index contributed by atoms with van der Waals surface area (Å²) in [7, 11) is 0. The molecule has 0 bridgehead atoms. The van der Waals surface area contributed by atoms with E-state index < -0.39 is 0 Å². The molecule has 0 aliphatic carbocycles. The first-order valence-electron chi connectivity index (χ1n) is 5.87. The van der Waals surface area contributed by atoms with Crippen LogP contribution >= 0.6 is 11.8 Å². The summed E-state index contributed by atoms with van der Waals surface area (Å²) in [4.78, 5) is 9.12. The number of aromatic nitrogens is 2. The summed E-state index contributed by atoms with van der Waals surface area (Å²) in [6, 6.07) is 0. The zero-order valence-electron chi connectivity index (χ0n) is 9.77. The molecule has 0 amide bonds. The van der Waals surface area contributed by atoms with E-state index in [2.05, 4.69) is 22.3 Å². The quantitative estimate of drug-likeness (QED) is 0.617. The van der Waals surface area contributed by atoms with Gasteiger partial charge in [0.15, 0.2) is 5.82 Å². The van der Waals surface area contributed by atoms with Gasteiger partial charge in [0.25, 0.3) is 0 Å². The smallest absolute Gasteiger partial charge is 0.159 e. The van der Waals surface area contributed by atoms with E-state index in [0.29, 0.717) is 6.10 Å². The number of nitrogen functional groups attached to an aromatic ring is 1. The van der Waals surface area contributed by atoms with Gasteiger partial charge in [0.05, 0.1) is 11.8 Å². The molecular formula is C11H16N4OS. The Morgan fingerprint density at radius 1 is 1.35 bits per heavy atom. The molecule has 2 aliphatic rings. The predicted octanol–water partition coefficient (Wildman–Crippen LogP) is 1.75. The van der Waals surface area contributed by atoms with Crippen LogP contribution in [0.1, 0.15) is 43.0 Å². The van der Waals surface area contributed by atoms with Crippen molar-refractivity contribution >= 4 is 17.6 Å². The van der Waals surface area contributed by atoms with Crippen LogP contribution < -0.4 is 11.3 Å². The third-order valence-corrected chi connectivity index (χ3v) is 4.22. The lowest BCUT2D eigenvalue weighted by atomic mass is 10.2. The van der Waals surface area contributed by atoms with Crippen LogP contribution in [0.25, 0.3) is 0 Å². The van der Waals surface area contributed by atoms with E-state index >= 15 is 0 Å². The van der Waals surface area contributed by atoms with Crippen molar-refractivity contribution in [2.75, 3.05) is 5.43 Å².